The van der Waals surface area contributed by atoms with Crippen LogP contribution in [0.25, 0.3) is 16.8 Å². The van der Waals surface area contributed by atoms with Crippen LogP contribution in [0.5, 0.6) is 0 Å². The van der Waals surface area contributed by atoms with E-state index in [2.05, 4.69) is 20.6 Å². The lowest BCUT2D eigenvalue weighted by atomic mass is 10.0. The highest BCUT2D eigenvalue weighted by Gasteiger charge is 2.40. The number of halogens is 4. The molecule has 4 N–H and O–H groups in total. The molecule has 1 aromatic carbocycles. The van der Waals surface area contributed by atoms with Crippen molar-refractivity contribution in [2.24, 2.45) is 5.92 Å². The lowest BCUT2D eigenvalue weighted by molar-refractivity contribution is -0.137. The molecule has 0 aliphatic carbocycles. The number of nitrogens with one attached hydrogen (secondary N) is 2. The van der Waals surface area contributed by atoms with Crippen LogP contribution in [0, 0.1) is 11.7 Å². The van der Waals surface area contributed by atoms with Crippen molar-refractivity contribution in [2.45, 2.75) is 24.7 Å². The van der Waals surface area contributed by atoms with E-state index in [1.165, 1.54) is 12.1 Å². The highest BCUT2D eigenvalue weighted by Crippen LogP contribution is 2.38. The first-order valence-corrected chi connectivity index (χ1v) is 11.8. The largest absolute Gasteiger partial charge is 0.416 e. The Morgan fingerprint density at radius 3 is 2.76 bits per heavy atom. The van der Waals surface area contributed by atoms with Crippen molar-refractivity contribution < 1.29 is 27.1 Å². The van der Waals surface area contributed by atoms with Crippen molar-refractivity contribution in [1.29, 1.82) is 0 Å². The van der Waals surface area contributed by atoms with Gasteiger partial charge < -0.3 is 21.1 Å². The van der Waals surface area contributed by atoms with E-state index >= 15 is 4.39 Å². The first-order valence-electron chi connectivity index (χ1n) is 11.8. The molecule has 1 unspecified atom stereocenters. The molecule has 0 bridgehead atoms. The number of rotatable bonds is 4. The van der Waals surface area contributed by atoms with Gasteiger partial charge in [-0.25, -0.2) is 19.3 Å². The average Bonchev–Trinajstić information content (AvgIpc) is 3.57. The number of pyridine rings is 1. The number of nitrogens with zero attached hydrogens (tertiary/aromatic N) is 4. The minimum Gasteiger partial charge on any atom is -0.382 e. The number of nitrogens with two attached hydrogens (primary N) is 1. The minimum atomic E-state index is -4.60. The second kappa shape index (κ2) is 9.03. The molecule has 0 saturated carbocycles. The fourth-order valence-electron chi connectivity index (χ4n) is 5.06. The number of carbonyl (C=O) groups excluding carboxylic acids is 1. The molecule has 6 rings (SSSR count). The summed E-state index contributed by atoms with van der Waals surface area (Å²) in [4.78, 5) is 25.3. The highest BCUT2D eigenvalue weighted by molar-refractivity contribution is 6.04. The van der Waals surface area contributed by atoms with Gasteiger partial charge in [-0.15, -0.1) is 0 Å². The Bertz CT molecular complexity index is 1540. The van der Waals surface area contributed by atoms with E-state index < -0.39 is 23.5 Å². The molecule has 13 heteroatoms. The summed E-state index contributed by atoms with van der Waals surface area (Å²) in [6.45, 7) is 1.29. The number of anilines is 2. The number of fused-ring (bicyclic) bond motifs is 2. The van der Waals surface area contributed by atoms with E-state index in [-0.39, 0.29) is 40.5 Å². The molecule has 3 aromatic heterocycles. The van der Waals surface area contributed by atoms with Gasteiger partial charge in [-0.1, -0.05) is 0 Å². The van der Waals surface area contributed by atoms with E-state index in [1.807, 2.05) is 0 Å². The Morgan fingerprint density at radius 2 is 2.00 bits per heavy atom. The number of carbonyl (C=O) groups is 1. The normalized spacial score (nSPS) is 21.1. The lowest BCUT2D eigenvalue weighted by Gasteiger charge is -2.12. The summed E-state index contributed by atoms with van der Waals surface area (Å²) < 4.78 is 61.6. The number of hydrogen-bond acceptors (Lipinski definition) is 7. The van der Waals surface area contributed by atoms with Gasteiger partial charge in [-0.3, -0.25) is 9.20 Å². The second-order valence-corrected chi connectivity index (χ2v) is 9.28. The first-order chi connectivity index (χ1) is 18.2. The number of nitrogen functional groups attached to an aromatic ring is 1. The maximum absolute atomic E-state index is 15.4. The molecule has 196 valence electrons. The Morgan fingerprint density at radius 1 is 1.16 bits per heavy atom. The van der Waals surface area contributed by atoms with Gasteiger partial charge in [0.2, 0.25) is 0 Å². The standard InChI is InChI=1S/C25H21F4N7O2/c26-16-7-12(24(37)34-19-9-14(3-4-31-19)25(27,28)29)1-2-15(16)20-21-22(30)32-5-6-36(21)23(35-20)17-8-13-10-38-11-18(13)33-17/h1-7,9,13,17-18,33H,8,10-11H2,(H2,30,32)(H,31,34,37)/t13-,17-,18?/m0/s1. The topological polar surface area (TPSA) is 119 Å². The molecule has 2 fully saturated rings. The molecule has 0 spiro atoms. The quantitative estimate of drug-likeness (QED) is 0.345. The summed E-state index contributed by atoms with van der Waals surface area (Å²) >= 11 is 0. The van der Waals surface area contributed by atoms with E-state index in [1.54, 1.807) is 16.8 Å². The van der Waals surface area contributed by atoms with E-state index in [0.717, 1.165) is 24.8 Å². The van der Waals surface area contributed by atoms with Crippen molar-refractivity contribution in [1.82, 2.24) is 24.7 Å². The van der Waals surface area contributed by atoms with Crippen molar-refractivity contribution in [3.8, 4) is 11.3 Å². The zero-order valence-electron chi connectivity index (χ0n) is 19.7. The van der Waals surface area contributed by atoms with Gasteiger partial charge in [0.15, 0.2) is 0 Å². The molecule has 4 aromatic rings. The van der Waals surface area contributed by atoms with Crippen molar-refractivity contribution in [2.75, 3.05) is 24.3 Å². The minimum absolute atomic E-state index is 0.0926. The predicted octanol–water partition coefficient (Wildman–Crippen LogP) is 3.83. The Kier molecular flexibility index (Phi) is 5.76. The third-order valence-electron chi connectivity index (χ3n) is 6.89. The number of alkyl halides is 3. The van der Waals surface area contributed by atoms with Gasteiger partial charge in [-0.2, -0.15) is 13.2 Å². The number of amides is 1. The van der Waals surface area contributed by atoms with Crippen LogP contribution in [0.15, 0.2) is 48.9 Å². The predicted molar refractivity (Wildman–Crippen MR) is 129 cm³/mol. The molecule has 0 radical (unpaired) electrons. The summed E-state index contributed by atoms with van der Waals surface area (Å²) in [6, 6.07) is 5.34. The molecular weight excluding hydrogens is 506 g/mol. The summed E-state index contributed by atoms with van der Waals surface area (Å²) in [7, 11) is 0. The number of imidazole rings is 1. The van der Waals surface area contributed by atoms with E-state index in [0.29, 0.717) is 36.5 Å². The molecule has 5 heterocycles. The van der Waals surface area contributed by atoms with Crippen LogP contribution >= 0.6 is 0 Å². The monoisotopic (exact) mass is 527 g/mol. The second-order valence-electron chi connectivity index (χ2n) is 9.28. The molecular formula is C25H21F4N7O2. The zero-order chi connectivity index (χ0) is 26.6. The SMILES string of the molecule is Nc1nccn2c([C@@H]3C[C@H]4COCC4N3)nc(-c3ccc(C(=O)Nc4cc(C(F)(F)F)ccn4)cc3F)c12. The molecule has 9 nitrogen and oxygen atoms in total. The Balaban J connectivity index is 1.32. The van der Waals surface area contributed by atoms with Crippen LogP contribution in [0.1, 0.15) is 34.2 Å². The molecule has 38 heavy (non-hydrogen) atoms. The van der Waals surface area contributed by atoms with Gasteiger partial charge in [0, 0.05) is 41.7 Å². The summed E-state index contributed by atoms with van der Waals surface area (Å²) in [6.07, 6.45) is 0.394. The Hall–Kier alpha value is -4.10. The van der Waals surface area contributed by atoms with Crippen LogP contribution in [0.4, 0.5) is 29.2 Å². The maximum atomic E-state index is 15.4. The van der Waals surface area contributed by atoms with Gasteiger partial charge >= 0.3 is 6.18 Å². The van der Waals surface area contributed by atoms with Gasteiger partial charge in [-0.05, 0) is 36.8 Å². The van der Waals surface area contributed by atoms with Crippen LogP contribution in [-0.2, 0) is 10.9 Å². The number of benzene rings is 1. The summed E-state index contributed by atoms with van der Waals surface area (Å²) in [5.74, 6) is -0.695. The number of aromatic nitrogens is 4. The van der Waals surface area contributed by atoms with E-state index in [9.17, 15) is 18.0 Å². The Labute approximate surface area is 213 Å². The molecule has 2 saturated heterocycles. The zero-order valence-corrected chi connectivity index (χ0v) is 19.7. The number of ether oxygens (including phenoxy) is 1. The number of hydrogen-bond donors (Lipinski definition) is 3. The van der Waals surface area contributed by atoms with Gasteiger partial charge in [0.05, 0.1) is 24.8 Å². The summed E-state index contributed by atoms with van der Waals surface area (Å²) in [5.41, 5.74) is 5.90. The fraction of sp³-hybridized carbons (Fsp3) is 0.280. The molecule has 3 atom stereocenters. The summed E-state index contributed by atoms with van der Waals surface area (Å²) in [5, 5.41) is 5.80. The third kappa shape index (κ3) is 4.23. The molecule has 1 amide bonds. The van der Waals surface area contributed by atoms with Gasteiger partial charge in [0.1, 0.15) is 34.5 Å². The average molecular weight is 527 g/mol. The lowest BCUT2D eigenvalue weighted by Crippen LogP contribution is -2.28. The molecule has 2 aliphatic heterocycles. The van der Waals surface area contributed by atoms with Crippen LogP contribution in [0.3, 0.4) is 0 Å². The van der Waals surface area contributed by atoms with Crippen LogP contribution in [-0.4, -0.2) is 44.5 Å². The van der Waals surface area contributed by atoms with E-state index in [4.69, 9.17) is 15.5 Å². The van der Waals surface area contributed by atoms with Crippen molar-refractivity contribution in [3.63, 3.8) is 0 Å². The van der Waals surface area contributed by atoms with Crippen molar-refractivity contribution >= 4 is 23.1 Å². The van der Waals surface area contributed by atoms with Gasteiger partial charge in [0.25, 0.3) is 5.91 Å². The highest BCUT2D eigenvalue weighted by atomic mass is 19.4. The van der Waals surface area contributed by atoms with Crippen LogP contribution < -0.4 is 16.4 Å². The first kappa shape index (κ1) is 24.2. The maximum Gasteiger partial charge on any atom is 0.416 e. The fourth-order valence-corrected chi connectivity index (χ4v) is 5.06. The third-order valence-corrected chi connectivity index (χ3v) is 6.89. The van der Waals surface area contributed by atoms with Crippen molar-refractivity contribution in [3.05, 3.63) is 71.7 Å². The molecule has 2 aliphatic rings. The smallest absolute Gasteiger partial charge is 0.382 e. The van der Waals surface area contributed by atoms with Crippen LogP contribution in [0.2, 0.25) is 0 Å².